The van der Waals surface area contributed by atoms with Crippen LogP contribution < -0.4 is 0 Å². The second-order valence-electron chi connectivity index (χ2n) is 7.49. The van der Waals surface area contributed by atoms with E-state index in [0.29, 0.717) is 6.54 Å². The summed E-state index contributed by atoms with van der Waals surface area (Å²) in [4.78, 5) is 6.34. The van der Waals surface area contributed by atoms with E-state index in [0.717, 1.165) is 42.4 Å². The van der Waals surface area contributed by atoms with Gasteiger partial charge in [-0.25, -0.2) is 4.39 Å². The summed E-state index contributed by atoms with van der Waals surface area (Å²) in [6.07, 6.45) is 5.19. The number of nitrogens with zero attached hydrogens (tertiary/aromatic N) is 3. The van der Waals surface area contributed by atoms with E-state index in [9.17, 15) is 9.50 Å². The molecule has 1 unspecified atom stereocenters. The van der Waals surface area contributed by atoms with Crippen molar-refractivity contribution in [2.24, 2.45) is 0 Å². The maximum Gasteiger partial charge on any atom is 0.123 e. The Balaban J connectivity index is 1.84. The maximum absolute atomic E-state index is 13.9. The molecule has 4 rings (SSSR count). The van der Waals surface area contributed by atoms with E-state index in [4.69, 9.17) is 0 Å². The highest BCUT2D eigenvalue weighted by Gasteiger charge is 2.28. The molecule has 0 bridgehead atoms. The molecule has 5 heteroatoms. The van der Waals surface area contributed by atoms with Crippen molar-refractivity contribution in [3.05, 3.63) is 65.4 Å². The van der Waals surface area contributed by atoms with Crippen LogP contribution in [0.1, 0.15) is 23.7 Å². The summed E-state index contributed by atoms with van der Waals surface area (Å²) in [7, 11) is 2.12. The molecule has 0 aliphatic carbocycles. The number of rotatable bonds is 3. The summed E-state index contributed by atoms with van der Waals surface area (Å²) in [5.74, 6) is -0.212. The molecule has 1 aromatic carbocycles. The largest absolute Gasteiger partial charge is 0.384 e. The van der Waals surface area contributed by atoms with Crippen LogP contribution in [0, 0.1) is 5.82 Å². The van der Waals surface area contributed by atoms with E-state index in [1.807, 2.05) is 25.1 Å². The van der Waals surface area contributed by atoms with Gasteiger partial charge in [-0.3, -0.25) is 4.98 Å². The van der Waals surface area contributed by atoms with Gasteiger partial charge in [-0.05, 0) is 61.9 Å². The van der Waals surface area contributed by atoms with Gasteiger partial charge in [0.25, 0.3) is 0 Å². The normalized spacial score (nSPS) is 17.7. The molecule has 1 atom stereocenters. The second kappa shape index (κ2) is 6.49. The molecule has 0 saturated heterocycles. The molecular weight excluding hydrogens is 329 g/mol. The molecule has 0 radical (unpaired) electrons. The highest BCUT2D eigenvalue weighted by Crippen LogP contribution is 2.33. The predicted molar refractivity (Wildman–Crippen MR) is 101 cm³/mol. The second-order valence-corrected chi connectivity index (χ2v) is 7.49. The van der Waals surface area contributed by atoms with Crippen molar-refractivity contribution in [1.82, 2.24) is 14.5 Å². The minimum Gasteiger partial charge on any atom is -0.384 e. The summed E-state index contributed by atoms with van der Waals surface area (Å²) in [5, 5.41) is 12.1. The lowest BCUT2D eigenvalue weighted by Crippen LogP contribution is -2.29. The third-order valence-electron chi connectivity index (χ3n) is 5.49. The van der Waals surface area contributed by atoms with Gasteiger partial charge in [-0.2, -0.15) is 0 Å². The Morgan fingerprint density at radius 2 is 1.88 bits per heavy atom. The van der Waals surface area contributed by atoms with E-state index < -0.39 is 5.60 Å². The zero-order chi connectivity index (χ0) is 18.3. The lowest BCUT2D eigenvalue weighted by atomic mass is 9.97. The Kier molecular flexibility index (Phi) is 4.29. The first-order valence-corrected chi connectivity index (χ1v) is 9.06. The SMILES string of the molecule is CN1CCc2c(n(CC(C)(O)c3ccncc3)c3ccc(F)cc23)CC1. The number of likely N-dealkylation sites (N-methyl/N-ethyl adjacent to an activating group) is 1. The van der Waals surface area contributed by atoms with E-state index in [-0.39, 0.29) is 5.82 Å². The van der Waals surface area contributed by atoms with Crippen molar-refractivity contribution in [2.75, 3.05) is 20.1 Å². The van der Waals surface area contributed by atoms with Gasteiger partial charge < -0.3 is 14.6 Å². The molecule has 2 aromatic heterocycles. The standard InChI is InChI=1S/C21H24FN3O/c1-21(26,15-5-9-23-10-6-15)14-25-19-4-3-16(22)13-18(19)17-7-11-24(2)12-8-20(17)25/h3-6,9-10,13,26H,7-8,11-12,14H2,1-2H3. The fourth-order valence-electron chi connectivity index (χ4n) is 4.02. The minimum absolute atomic E-state index is 0.212. The Labute approximate surface area is 152 Å². The maximum atomic E-state index is 13.9. The monoisotopic (exact) mass is 353 g/mol. The zero-order valence-corrected chi connectivity index (χ0v) is 15.2. The van der Waals surface area contributed by atoms with Crippen LogP contribution in [-0.4, -0.2) is 39.7 Å². The lowest BCUT2D eigenvalue weighted by molar-refractivity contribution is 0.0387. The van der Waals surface area contributed by atoms with Gasteiger partial charge in [-0.1, -0.05) is 0 Å². The van der Waals surface area contributed by atoms with Gasteiger partial charge in [0.05, 0.1) is 6.54 Å². The number of halogens is 1. The van der Waals surface area contributed by atoms with Gasteiger partial charge >= 0.3 is 0 Å². The summed E-state index contributed by atoms with van der Waals surface area (Å²) >= 11 is 0. The average molecular weight is 353 g/mol. The topological polar surface area (TPSA) is 41.3 Å². The molecule has 0 amide bonds. The van der Waals surface area contributed by atoms with E-state index in [1.165, 1.54) is 17.3 Å². The number of aromatic nitrogens is 2. The highest BCUT2D eigenvalue weighted by molar-refractivity contribution is 5.86. The molecule has 1 aliphatic rings. The molecule has 3 aromatic rings. The first-order valence-electron chi connectivity index (χ1n) is 9.06. The van der Waals surface area contributed by atoms with Crippen molar-refractivity contribution >= 4 is 10.9 Å². The van der Waals surface area contributed by atoms with Gasteiger partial charge in [0, 0.05) is 48.5 Å². The fourth-order valence-corrected chi connectivity index (χ4v) is 4.02. The van der Waals surface area contributed by atoms with Crippen molar-refractivity contribution in [3.8, 4) is 0 Å². The van der Waals surface area contributed by atoms with Crippen LogP contribution in [-0.2, 0) is 25.0 Å². The van der Waals surface area contributed by atoms with Crippen LogP contribution in [0.15, 0.2) is 42.7 Å². The third kappa shape index (κ3) is 3.02. The number of hydrogen-bond acceptors (Lipinski definition) is 3. The van der Waals surface area contributed by atoms with Crippen molar-refractivity contribution in [1.29, 1.82) is 0 Å². The first kappa shape index (κ1) is 17.2. The number of pyridine rings is 1. The number of benzene rings is 1. The van der Waals surface area contributed by atoms with Crippen LogP contribution in [0.25, 0.3) is 10.9 Å². The van der Waals surface area contributed by atoms with Crippen LogP contribution in [0.5, 0.6) is 0 Å². The van der Waals surface area contributed by atoms with E-state index in [1.54, 1.807) is 18.5 Å². The van der Waals surface area contributed by atoms with E-state index >= 15 is 0 Å². The van der Waals surface area contributed by atoms with Crippen LogP contribution in [0.3, 0.4) is 0 Å². The molecule has 3 heterocycles. The van der Waals surface area contributed by atoms with E-state index in [2.05, 4.69) is 21.5 Å². The molecule has 136 valence electrons. The van der Waals surface area contributed by atoms with Gasteiger partial charge in [0.2, 0.25) is 0 Å². The lowest BCUT2D eigenvalue weighted by Gasteiger charge is -2.26. The van der Waals surface area contributed by atoms with Crippen LogP contribution in [0.2, 0.25) is 0 Å². The fraction of sp³-hybridized carbons (Fsp3) is 0.381. The average Bonchev–Trinajstić information content (AvgIpc) is 2.76. The van der Waals surface area contributed by atoms with Crippen LogP contribution in [0.4, 0.5) is 4.39 Å². The summed E-state index contributed by atoms with van der Waals surface area (Å²) < 4.78 is 16.1. The Morgan fingerprint density at radius 1 is 1.15 bits per heavy atom. The molecule has 0 saturated carbocycles. The molecule has 0 spiro atoms. The summed E-state index contributed by atoms with van der Waals surface area (Å²) in [5.41, 5.74) is 3.22. The van der Waals surface area contributed by atoms with Crippen molar-refractivity contribution in [3.63, 3.8) is 0 Å². The molecule has 1 aliphatic heterocycles. The zero-order valence-electron chi connectivity index (χ0n) is 15.2. The Morgan fingerprint density at radius 3 is 2.65 bits per heavy atom. The molecule has 26 heavy (non-hydrogen) atoms. The minimum atomic E-state index is -1.03. The van der Waals surface area contributed by atoms with Crippen molar-refractivity contribution in [2.45, 2.75) is 31.9 Å². The van der Waals surface area contributed by atoms with Crippen LogP contribution >= 0.6 is 0 Å². The number of fused-ring (bicyclic) bond motifs is 3. The van der Waals surface area contributed by atoms with Gasteiger partial charge in [0.15, 0.2) is 0 Å². The number of aliphatic hydroxyl groups is 1. The smallest absolute Gasteiger partial charge is 0.123 e. The highest BCUT2D eigenvalue weighted by atomic mass is 19.1. The Bertz CT molecular complexity index is 933. The quantitative estimate of drug-likeness (QED) is 0.787. The molecule has 4 nitrogen and oxygen atoms in total. The molecular formula is C21H24FN3O. The number of hydrogen-bond donors (Lipinski definition) is 1. The Hall–Kier alpha value is -2.24. The molecule has 1 N–H and O–H groups in total. The third-order valence-corrected chi connectivity index (χ3v) is 5.49. The van der Waals surface area contributed by atoms with Gasteiger partial charge in [-0.15, -0.1) is 0 Å². The summed E-state index contributed by atoms with van der Waals surface area (Å²) in [6, 6.07) is 8.67. The van der Waals surface area contributed by atoms with Gasteiger partial charge in [0.1, 0.15) is 11.4 Å². The van der Waals surface area contributed by atoms with Crippen molar-refractivity contribution < 1.29 is 9.50 Å². The first-order chi connectivity index (χ1) is 12.5. The summed E-state index contributed by atoms with van der Waals surface area (Å²) in [6.45, 7) is 4.18. The predicted octanol–water partition coefficient (Wildman–Crippen LogP) is 3.11. The molecule has 0 fully saturated rings.